The lowest BCUT2D eigenvalue weighted by Gasteiger charge is -2.15. The van der Waals surface area contributed by atoms with Gasteiger partial charge < -0.3 is 28.8 Å². The number of benzene rings is 2. The van der Waals surface area contributed by atoms with Gasteiger partial charge in [-0.1, -0.05) is 50.0 Å². The fourth-order valence-electron chi connectivity index (χ4n) is 4.52. The van der Waals surface area contributed by atoms with Crippen LogP contribution < -0.4 is 10.1 Å². The number of nitrogens with zero attached hydrogens (tertiary/aromatic N) is 2. The zero-order valence-corrected chi connectivity index (χ0v) is 25.5. The molecule has 0 aliphatic carbocycles. The molecule has 2 aromatic carbocycles. The van der Waals surface area contributed by atoms with Crippen LogP contribution in [-0.2, 0) is 45.1 Å². The van der Waals surface area contributed by atoms with Crippen molar-refractivity contribution >= 4 is 20.0 Å². The molecule has 1 N–H and O–H groups in total. The molecule has 1 aliphatic rings. The minimum Gasteiger partial charge on any atom is -0.496 e. The zero-order chi connectivity index (χ0) is 29.2. The van der Waals surface area contributed by atoms with Gasteiger partial charge in [-0.25, -0.2) is 9.78 Å². The van der Waals surface area contributed by atoms with Gasteiger partial charge >= 0.3 is 6.09 Å². The van der Waals surface area contributed by atoms with Crippen LogP contribution in [0.25, 0.3) is 11.3 Å². The summed E-state index contributed by atoms with van der Waals surface area (Å²) in [6, 6.07) is 14.6. The molecule has 1 amide bonds. The van der Waals surface area contributed by atoms with Gasteiger partial charge in [0.05, 0.1) is 32.3 Å². The van der Waals surface area contributed by atoms with Gasteiger partial charge in [-0.2, -0.15) is 0 Å². The number of hydrogen-bond acceptors (Lipinski definition) is 7. The third-order valence-corrected chi connectivity index (χ3v) is 8.51. The third-order valence-electron chi connectivity index (χ3n) is 6.80. The Morgan fingerprint density at radius 2 is 1.88 bits per heavy atom. The van der Waals surface area contributed by atoms with Gasteiger partial charge in [0.25, 0.3) is 0 Å². The topological polar surface area (TPSA) is 101 Å². The molecule has 0 bridgehead atoms. The molecule has 10 heteroatoms. The number of amides is 1. The number of alkyl carbamates (subject to hydrolysis) is 1. The second kappa shape index (κ2) is 14.4. The number of aromatic nitrogens is 2. The SMILES string of the molecule is COc1cc(CC(=O)Cc2cccc(CNC(=O)O[C@H]3CCOC3)c2)ccc1-c1cn(COCC[Si](C)(C)C)cn1. The predicted octanol–water partition coefficient (Wildman–Crippen LogP) is 5.24. The lowest BCUT2D eigenvalue weighted by atomic mass is 9.99. The van der Waals surface area contributed by atoms with Crippen molar-refractivity contribution in [3.05, 3.63) is 71.7 Å². The van der Waals surface area contributed by atoms with E-state index in [-0.39, 0.29) is 18.3 Å². The maximum Gasteiger partial charge on any atom is 0.407 e. The van der Waals surface area contributed by atoms with Gasteiger partial charge in [-0.05, 0) is 34.9 Å². The fourth-order valence-corrected chi connectivity index (χ4v) is 5.27. The highest BCUT2D eigenvalue weighted by Gasteiger charge is 2.20. The van der Waals surface area contributed by atoms with E-state index in [1.165, 1.54) is 0 Å². The van der Waals surface area contributed by atoms with Gasteiger partial charge in [0.2, 0.25) is 0 Å². The van der Waals surface area contributed by atoms with E-state index in [0.29, 0.717) is 38.7 Å². The highest BCUT2D eigenvalue weighted by Crippen LogP contribution is 2.30. The molecule has 1 aromatic heterocycles. The number of ether oxygens (including phenoxy) is 4. The minimum absolute atomic E-state index is 0.0882. The molecule has 4 rings (SSSR count). The van der Waals surface area contributed by atoms with Crippen molar-refractivity contribution in [2.75, 3.05) is 26.9 Å². The summed E-state index contributed by atoms with van der Waals surface area (Å²) < 4.78 is 24.0. The van der Waals surface area contributed by atoms with Crippen molar-refractivity contribution in [3.8, 4) is 17.0 Å². The van der Waals surface area contributed by atoms with Crippen LogP contribution in [0.15, 0.2) is 55.0 Å². The Balaban J connectivity index is 1.29. The molecular formula is C31H41N3O6Si. The molecule has 2 heterocycles. The number of Topliss-reactive ketones (excluding diaryl/α,β-unsaturated/α-hetero) is 1. The Morgan fingerprint density at radius 1 is 1.10 bits per heavy atom. The first-order valence-electron chi connectivity index (χ1n) is 14.1. The second-order valence-electron chi connectivity index (χ2n) is 11.6. The van der Waals surface area contributed by atoms with E-state index in [1.54, 1.807) is 13.4 Å². The molecule has 41 heavy (non-hydrogen) atoms. The summed E-state index contributed by atoms with van der Waals surface area (Å²) in [6.45, 7) is 9.60. The van der Waals surface area contributed by atoms with E-state index < -0.39 is 14.2 Å². The summed E-state index contributed by atoms with van der Waals surface area (Å²) >= 11 is 0. The normalized spacial score (nSPS) is 15.1. The minimum atomic E-state index is -1.12. The molecule has 1 saturated heterocycles. The second-order valence-corrected chi connectivity index (χ2v) is 17.2. The lowest BCUT2D eigenvalue weighted by molar-refractivity contribution is -0.117. The summed E-state index contributed by atoms with van der Waals surface area (Å²) in [4.78, 5) is 29.5. The largest absolute Gasteiger partial charge is 0.496 e. The maximum absolute atomic E-state index is 12.9. The van der Waals surface area contributed by atoms with Crippen molar-refractivity contribution in [1.29, 1.82) is 0 Å². The standard InChI is InChI=1S/C31H41N3O6Si/c1-37-30-17-24(8-9-28(30)29-19-34(21-33-29)22-39-12-13-41(2,3)4)16-26(35)15-23-6-5-7-25(14-23)18-32-31(36)40-27-10-11-38-20-27/h5-9,14,17,19,21,27H,10-13,15-16,18,20,22H2,1-4H3,(H,32,36)/t27-/m0/s1. The number of imidazole rings is 1. The van der Waals surface area contributed by atoms with Gasteiger partial charge in [0, 0.05) is 52.2 Å². The van der Waals surface area contributed by atoms with Crippen LogP contribution in [-0.4, -0.2) is 62.5 Å². The monoisotopic (exact) mass is 579 g/mol. The molecular weight excluding hydrogens is 538 g/mol. The maximum atomic E-state index is 12.9. The zero-order valence-electron chi connectivity index (χ0n) is 24.5. The van der Waals surface area contributed by atoms with E-state index in [9.17, 15) is 9.59 Å². The molecule has 0 unspecified atom stereocenters. The first kappa shape index (κ1) is 30.5. The summed E-state index contributed by atoms with van der Waals surface area (Å²) in [6.07, 6.45) is 4.36. The molecule has 1 atom stereocenters. The van der Waals surface area contributed by atoms with Gasteiger partial charge in [0.15, 0.2) is 0 Å². The molecule has 0 saturated carbocycles. The Labute approximate surface area is 243 Å². The summed E-state index contributed by atoms with van der Waals surface area (Å²) in [5, 5.41) is 2.77. The van der Waals surface area contributed by atoms with Crippen LogP contribution in [0.1, 0.15) is 23.1 Å². The molecule has 0 radical (unpaired) electrons. The van der Waals surface area contributed by atoms with Crippen LogP contribution >= 0.6 is 0 Å². The van der Waals surface area contributed by atoms with Crippen LogP contribution in [0.3, 0.4) is 0 Å². The number of hydrogen-bond donors (Lipinski definition) is 1. The van der Waals surface area contributed by atoms with E-state index in [1.807, 2.05) is 53.2 Å². The molecule has 3 aromatic rings. The number of rotatable bonds is 14. The molecule has 220 valence electrons. The Bertz CT molecular complexity index is 1310. The number of carbonyl (C=O) groups is 2. The summed E-state index contributed by atoms with van der Waals surface area (Å²) in [5.41, 5.74) is 4.33. The number of nitrogens with one attached hydrogen (secondary N) is 1. The quantitative estimate of drug-likeness (QED) is 0.206. The third kappa shape index (κ3) is 9.84. The van der Waals surface area contributed by atoms with Gasteiger partial charge in [-0.15, -0.1) is 0 Å². The molecule has 1 aliphatic heterocycles. The highest BCUT2D eigenvalue weighted by atomic mass is 28.3. The summed E-state index contributed by atoms with van der Waals surface area (Å²) in [7, 11) is 0.501. The van der Waals surface area contributed by atoms with Crippen molar-refractivity contribution in [2.45, 2.75) is 64.3 Å². The van der Waals surface area contributed by atoms with E-state index in [0.717, 1.165) is 47.0 Å². The summed E-state index contributed by atoms with van der Waals surface area (Å²) in [5.74, 6) is 0.759. The number of ketones is 1. The van der Waals surface area contributed by atoms with E-state index in [4.69, 9.17) is 18.9 Å². The average molecular weight is 580 g/mol. The Morgan fingerprint density at radius 3 is 2.61 bits per heavy atom. The van der Waals surface area contributed by atoms with E-state index >= 15 is 0 Å². The molecule has 9 nitrogen and oxygen atoms in total. The smallest absolute Gasteiger partial charge is 0.407 e. The van der Waals surface area contributed by atoms with E-state index in [2.05, 4.69) is 29.9 Å². The Hall–Kier alpha value is -3.47. The van der Waals surface area contributed by atoms with Crippen molar-refractivity contribution in [1.82, 2.24) is 14.9 Å². The van der Waals surface area contributed by atoms with Crippen molar-refractivity contribution in [3.63, 3.8) is 0 Å². The van der Waals surface area contributed by atoms with Crippen LogP contribution in [0, 0.1) is 0 Å². The predicted molar refractivity (Wildman–Crippen MR) is 160 cm³/mol. The molecule has 0 spiro atoms. The van der Waals surface area contributed by atoms with Crippen molar-refractivity contribution < 1.29 is 28.5 Å². The number of methoxy groups -OCH3 is 1. The van der Waals surface area contributed by atoms with Crippen LogP contribution in [0.2, 0.25) is 25.7 Å². The first-order valence-corrected chi connectivity index (χ1v) is 17.8. The molecule has 1 fully saturated rings. The van der Waals surface area contributed by atoms with Crippen LogP contribution in [0.5, 0.6) is 5.75 Å². The first-order chi connectivity index (χ1) is 19.7. The average Bonchev–Trinajstić information content (AvgIpc) is 3.62. The Kier molecular flexibility index (Phi) is 10.7. The van der Waals surface area contributed by atoms with Crippen LogP contribution in [0.4, 0.5) is 4.79 Å². The van der Waals surface area contributed by atoms with Gasteiger partial charge in [0.1, 0.15) is 24.4 Å². The highest BCUT2D eigenvalue weighted by molar-refractivity contribution is 6.76. The fraction of sp³-hybridized carbons (Fsp3) is 0.452. The van der Waals surface area contributed by atoms with Gasteiger partial charge in [-0.3, -0.25) is 4.79 Å². The van der Waals surface area contributed by atoms with Crippen molar-refractivity contribution in [2.24, 2.45) is 0 Å². The lowest BCUT2D eigenvalue weighted by Crippen LogP contribution is -2.28. The number of carbonyl (C=O) groups excluding carboxylic acids is 2.